The molecular formula is C17H18N4O3S. The first-order valence-corrected chi connectivity index (χ1v) is 9.41. The SMILES string of the molecule is CCS(=O)(=O)c1ccccc1C(=O)Nc1cnc2c(c1)c(C)nn2C. The van der Waals surface area contributed by atoms with Gasteiger partial charge in [0.1, 0.15) is 0 Å². The molecule has 1 aromatic carbocycles. The lowest BCUT2D eigenvalue weighted by atomic mass is 10.2. The van der Waals surface area contributed by atoms with Crippen LogP contribution in [0.2, 0.25) is 0 Å². The molecule has 0 bridgehead atoms. The van der Waals surface area contributed by atoms with Crippen molar-refractivity contribution in [2.45, 2.75) is 18.7 Å². The predicted octanol–water partition coefficient (Wildman–Crippen LogP) is 2.32. The number of benzene rings is 1. The highest BCUT2D eigenvalue weighted by Gasteiger charge is 2.21. The second kappa shape index (κ2) is 6.29. The van der Waals surface area contributed by atoms with Crippen molar-refractivity contribution in [3.8, 4) is 0 Å². The van der Waals surface area contributed by atoms with E-state index in [2.05, 4.69) is 15.4 Å². The fraction of sp³-hybridized carbons (Fsp3) is 0.235. The van der Waals surface area contributed by atoms with Crippen LogP contribution < -0.4 is 5.32 Å². The molecule has 2 aromatic heterocycles. The molecule has 3 aromatic rings. The van der Waals surface area contributed by atoms with Crippen LogP contribution in [0.3, 0.4) is 0 Å². The zero-order chi connectivity index (χ0) is 18.2. The van der Waals surface area contributed by atoms with Crippen molar-refractivity contribution < 1.29 is 13.2 Å². The minimum absolute atomic E-state index is 0.0293. The molecule has 2 heterocycles. The number of hydrogen-bond acceptors (Lipinski definition) is 5. The summed E-state index contributed by atoms with van der Waals surface area (Å²) in [5.41, 5.74) is 2.11. The lowest BCUT2D eigenvalue weighted by molar-refractivity contribution is 0.102. The molecule has 0 aliphatic heterocycles. The number of carbonyl (C=O) groups is 1. The van der Waals surface area contributed by atoms with Crippen LogP contribution in [0.5, 0.6) is 0 Å². The minimum atomic E-state index is -3.49. The minimum Gasteiger partial charge on any atom is -0.321 e. The summed E-state index contributed by atoms with van der Waals surface area (Å²) in [6, 6.07) is 7.96. The standard InChI is InChI=1S/C17H18N4O3S/c1-4-25(23,24)15-8-6-5-7-13(15)17(22)19-12-9-14-11(2)20-21(3)16(14)18-10-12/h5-10H,4H2,1-3H3,(H,19,22). The van der Waals surface area contributed by atoms with Crippen LogP contribution in [0, 0.1) is 6.92 Å². The third-order valence-corrected chi connectivity index (χ3v) is 5.75. The van der Waals surface area contributed by atoms with E-state index in [1.807, 2.05) is 6.92 Å². The molecule has 25 heavy (non-hydrogen) atoms. The smallest absolute Gasteiger partial charge is 0.257 e. The summed E-state index contributed by atoms with van der Waals surface area (Å²) < 4.78 is 26.1. The molecule has 130 valence electrons. The van der Waals surface area contributed by atoms with Crippen molar-refractivity contribution in [3.63, 3.8) is 0 Å². The molecule has 0 unspecified atom stereocenters. The molecular weight excluding hydrogens is 340 g/mol. The van der Waals surface area contributed by atoms with Crippen LogP contribution in [0.4, 0.5) is 5.69 Å². The van der Waals surface area contributed by atoms with Crippen molar-refractivity contribution in [2.75, 3.05) is 11.1 Å². The Morgan fingerprint density at radius 1 is 1.28 bits per heavy atom. The quantitative estimate of drug-likeness (QED) is 0.772. The van der Waals surface area contributed by atoms with Gasteiger partial charge in [-0.3, -0.25) is 9.48 Å². The molecule has 0 aliphatic rings. The van der Waals surface area contributed by atoms with Gasteiger partial charge in [-0.05, 0) is 25.1 Å². The normalized spacial score (nSPS) is 11.6. The Hall–Kier alpha value is -2.74. The Bertz CT molecular complexity index is 1070. The number of fused-ring (bicyclic) bond motifs is 1. The number of nitrogens with one attached hydrogen (secondary N) is 1. The molecule has 0 atom stereocenters. The molecule has 0 radical (unpaired) electrons. The van der Waals surface area contributed by atoms with Gasteiger partial charge in [0.2, 0.25) is 0 Å². The Morgan fingerprint density at radius 2 is 2.00 bits per heavy atom. The summed E-state index contributed by atoms with van der Waals surface area (Å²) in [7, 11) is -1.70. The summed E-state index contributed by atoms with van der Waals surface area (Å²) in [6.45, 7) is 3.41. The van der Waals surface area contributed by atoms with E-state index in [0.29, 0.717) is 11.3 Å². The Morgan fingerprint density at radius 3 is 2.72 bits per heavy atom. The van der Waals surface area contributed by atoms with E-state index >= 15 is 0 Å². The largest absolute Gasteiger partial charge is 0.321 e. The van der Waals surface area contributed by atoms with Gasteiger partial charge >= 0.3 is 0 Å². The van der Waals surface area contributed by atoms with E-state index in [-0.39, 0.29) is 16.2 Å². The maximum Gasteiger partial charge on any atom is 0.257 e. The highest BCUT2D eigenvalue weighted by Crippen LogP contribution is 2.22. The second-order valence-corrected chi connectivity index (χ2v) is 7.90. The number of nitrogens with zero attached hydrogens (tertiary/aromatic N) is 3. The van der Waals surface area contributed by atoms with E-state index in [0.717, 1.165) is 11.1 Å². The number of pyridine rings is 1. The van der Waals surface area contributed by atoms with Gasteiger partial charge in [-0.1, -0.05) is 19.1 Å². The Kier molecular flexibility index (Phi) is 4.30. The second-order valence-electron chi connectivity index (χ2n) is 5.66. The number of hydrogen-bond donors (Lipinski definition) is 1. The Labute approximate surface area is 145 Å². The van der Waals surface area contributed by atoms with Crippen LogP contribution in [0.1, 0.15) is 23.0 Å². The van der Waals surface area contributed by atoms with Crippen molar-refractivity contribution in [1.82, 2.24) is 14.8 Å². The highest BCUT2D eigenvalue weighted by molar-refractivity contribution is 7.91. The number of rotatable bonds is 4. The zero-order valence-electron chi connectivity index (χ0n) is 14.1. The van der Waals surface area contributed by atoms with Crippen LogP contribution in [0.25, 0.3) is 11.0 Å². The molecule has 1 amide bonds. The van der Waals surface area contributed by atoms with Crippen molar-refractivity contribution in [1.29, 1.82) is 0 Å². The first-order valence-electron chi connectivity index (χ1n) is 7.76. The highest BCUT2D eigenvalue weighted by atomic mass is 32.2. The van der Waals surface area contributed by atoms with E-state index in [4.69, 9.17) is 0 Å². The van der Waals surface area contributed by atoms with Crippen LogP contribution in [-0.2, 0) is 16.9 Å². The number of aryl methyl sites for hydroxylation is 2. The zero-order valence-corrected chi connectivity index (χ0v) is 15.0. The van der Waals surface area contributed by atoms with E-state index in [1.54, 1.807) is 36.9 Å². The van der Waals surface area contributed by atoms with E-state index < -0.39 is 15.7 Å². The predicted molar refractivity (Wildman–Crippen MR) is 95.4 cm³/mol. The number of aromatic nitrogens is 3. The summed E-state index contributed by atoms with van der Waals surface area (Å²) in [4.78, 5) is 16.9. The fourth-order valence-electron chi connectivity index (χ4n) is 2.66. The number of amides is 1. The summed E-state index contributed by atoms with van der Waals surface area (Å²) in [5, 5.41) is 7.84. The van der Waals surface area contributed by atoms with Gasteiger partial charge in [0.05, 0.1) is 33.8 Å². The van der Waals surface area contributed by atoms with Gasteiger partial charge < -0.3 is 5.32 Å². The summed E-state index contributed by atoms with van der Waals surface area (Å²) >= 11 is 0. The van der Waals surface area contributed by atoms with Crippen molar-refractivity contribution in [3.05, 3.63) is 47.8 Å². The summed E-state index contributed by atoms with van der Waals surface area (Å²) in [6.07, 6.45) is 1.53. The first kappa shape index (κ1) is 17.1. The molecule has 3 rings (SSSR count). The van der Waals surface area contributed by atoms with Crippen LogP contribution in [0.15, 0.2) is 41.4 Å². The average molecular weight is 358 g/mol. The number of sulfone groups is 1. The first-order chi connectivity index (χ1) is 11.8. The lowest BCUT2D eigenvalue weighted by Gasteiger charge is -2.10. The number of carbonyl (C=O) groups excluding carboxylic acids is 1. The topological polar surface area (TPSA) is 93.9 Å². The maximum absolute atomic E-state index is 12.6. The van der Waals surface area contributed by atoms with Crippen molar-refractivity contribution >= 4 is 32.5 Å². The molecule has 0 fully saturated rings. The fourth-order valence-corrected chi connectivity index (χ4v) is 3.75. The van der Waals surface area contributed by atoms with Gasteiger partial charge in [0, 0.05) is 12.4 Å². The molecule has 7 nitrogen and oxygen atoms in total. The van der Waals surface area contributed by atoms with E-state index in [1.165, 1.54) is 18.3 Å². The Balaban J connectivity index is 1.97. The van der Waals surface area contributed by atoms with E-state index in [9.17, 15) is 13.2 Å². The summed E-state index contributed by atoms with van der Waals surface area (Å²) in [5.74, 6) is -0.560. The van der Waals surface area contributed by atoms with Crippen molar-refractivity contribution in [2.24, 2.45) is 7.05 Å². The van der Waals surface area contributed by atoms with Gasteiger partial charge in [-0.2, -0.15) is 5.10 Å². The van der Waals surface area contributed by atoms with Gasteiger partial charge in [-0.25, -0.2) is 13.4 Å². The lowest BCUT2D eigenvalue weighted by Crippen LogP contribution is -2.17. The van der Waals surface area contributed by atoms with Gasteiger partial charge in [0.15, 0.2) is 15.5 Å². The molecule has 0 spiro atoms. The third kappa shape index (κ3) is 3.12. The van der Waals surface area contributed by atoms with Gasteiger partial charge in [0.25, 0.3) is 5.91 Å². The average Bonchev–Trinajstić information content (AvgIpc) is 2.88. The molecule has 0 saturated carbocycles. The van der Waals surface area contributed by atoms with Crippen LogP contribution >= 0.6 is 0 Å². The molecule has 0 aliphatic carbocycles. The monoisotopic (exact) mass is 358 g/mol. The molecule has 0 saturated heterocycles. The van der Waals surface area contributed by atoms with Crippen LogP contribution in [-0.4, -0.2) is 34.8 Å². The third-order valence-electron chi connectivity index (χ3n) is 3.97. The molecule has 1 N–H and O–H groups in total. The number of anilines is 1. The molecule has 8 heteroatoms. The maximum atomic E-state index is 12.6. The van der Waals surface area contributed by atoms with Gasteiger partial charge in [-0.15, -0.1) is 0 Å².